The average molecular weight is 285 g/mol. The zero-order valence-corrected chi connectivity index (χ0v) is 12.8. The molecule has 0 bridgehead atoms. The van der Waals surface area contributed by atoms with Crippen LogP contribution in [0.15, 0.2) is 34.9 Å². The lowest BCUT2D eigenvalue weighted by Crippen LogP contribution is -2.40. The summed E-state index contributed by atoms with van der Waals surface area (Å²) >= 11 is 0. The Bertz CT molecular complexity index is 571. The van der Waals surface area contributed by atoms with Crippen molar-refractivity contribution in [3.63, 3.8) is 0 Å². The number of nitrogens with zero attached hydrogens (tertiary/aromatic N) is 2. The predicted molar refractivity (Wildman–Crippen MR) is 82.2 cm³/mol. The number of benzene rings is 1. The van der Waals surface area contributed by atoms with E-state index in [0.717, 1.165) is 31.2 Å². The molecule has 1 aromatic heterocycles. The van der Waals surface area contributed by atoms with Gasteiger partial charge in [0, 0.05) is 11.8 Å². The van der Waals surface area contributed by atoms with Crippen molar-refractivity contribution < 1.29 is 4.52 Å². The fourth-order valence-corrected chi connectivity index (χ4v) is 3.01. The standard InChI is InChI=1S/C17H23N3O/c1-17(2,14-9-6-10-18-12-14)16-19-15(20-21-16)11-13-7-4-3-5-8-13/h3-5,7-8,14,18H,6,9-12H2,1-2H3. The molecule has 1 aliphatic rings. The first-order chi connectivity index (χ1) is 10.2. The van der Waals surface area contributed by atoms with Crippen molar-refractivity contribution in [3.05, 3.63) is 47.6 Å². The lowest BCUT2D eigenvalue weighted by molar-refractivity contribution is 0.196. The second kappa shape index (κ2) is 5.98. The number of piperidine rings is 1. The lowest BCUT2D eigenvalue weighted by atomic mass is 9.75. The highest BCUT2D eigenvalue weighted by molar-refractivity contribution is 5.19. The molecule has 21 heavy (non-hydrogen) atoms. The van der Waals surface area contributed by atoms with Gasteiger partial charge in [0.1, 0.15) is 0 Å². The number of hydrogen-bond donors (Lipinski definition) is 1. The maximum absolute atomic E-state index is 5.57. The Morgan fingerprint density at radius 3 is 2.81 bits per heavy atom. The summed E-state index contributed by atoms with van der Waals surface area (Å²) in [5.41, 5.74) is 1.14. The van der Waals surface area contributed by atoms with Crippen LogP contribution in [0.25, 0.3) is 0 Å². The second-order valence-electron chi connectivity index (χ2n) is 6.44. The lowest BCUT2D eigenvalue weighted by Gasteiger charge is -2.34. The molecule has 2 heterocycles. The highest BCUT2D eigenvalue weighted by atomic mass is 16.5. The van der Waals surface area contributed by atoms with E-state index >= 15 is 0 Å². The van der Waals surface area contributed by atoms with E-state index in [0.29, 0.717) is 5.92 Å². The van der Waals surface area contributed by atoms with Gasteiger partial charge in [-0.15, -0.1) is 0 Å². The van der Waals surface area contributed by atoms with Crippen LogP contribution >= 0.6 is 0 Å². The molecule has 1 unspecified atom stereocenters. The Balaban J connectivity index is 1.74. The third-order valence-corrected chi connectivity index (χ3v) is 4.54. The first-order valence-corrected chi connectivity index (χ1v) is 7.74. The SMILES string of the molecule is CC(C)(c1nc(Cc2ccccc2)no1)C1CCCNC1. The van der Waals surface area contributed by atoms with Gasteiger partial charge in [-0.2, -0.15) is 4.98 Å². The molecule has 0 radical (unpaired) electrons. The highest BCUT2D eigenvalue weighted by Crippen LogP contribution is 2.34. The van der Waals surface area contributed by atoms with Crippen LogP contribution in [0.5, 0.6) is 0 Å². The van der Waals surface area contributed by atoms with Gasteiger partial charge in [0.25, 0.3) is 0 Å². The Hall–Kier alpha value is -1.68. The summed E-state index contributed by atoms with van der Waals surface area (Å²) in [7, 11) is 0. The molecule has 1 N–H and O–H groups in total. The number of nitrogens with one attached hydrogen (secondary N) is 1. The van der Waals surface area contributed by atoms with Gasteiger partial charge in [-0.1, -0.05) is 49.3 Å². The topological polar surface area (TPSA) is 51.0 Å². The predicted octanol–water partition coefficient (Wildman–Crippen LogP) is 2.94. The number of hydrogen-bond acceptors (Lipinski definition) is 4. The quantitative estimate of drug-likeness (QED) is 0.938. The summed E-state index contributed by atoms with van der Waals surface area (Å²) in [4.78, 5) is 4.65. The van der Waals surface area contributed by atoms with Crippen molar-refractivity contribution in [2.45, 2.75) is 38.5 Å². The van der Waals surface area contributed by atoms with E-state index < -0.39 is 0 Å². The Kier molecular flexibility index (Phi) is 4.06. The third-order valence-electron chi connectivity index (χ3n) is 4.54. The van der Waals surface area contributed by atoms with Crippen LogP contribution in [0.4, 0.5) is 0 Å². The van der Waals surface area contributed by atoms with Crippen LogP contribution in [0, 0.1) is 5.92 Å². The van der Waals surface area contributed by atoms with Crippen molar-refractivity contribution in [2.75, 3.05) is 13.1 Å². The Morgan fingerprint density at radius 2 is 2.10 bits per heavy atom. The summed E-state index contributed by atoms with van der Waals surface area (Å²) < 4.78 is 5.57. The van der Waals surface area contributed by atoms with E-state index in [1.54, 1.807) is 0 Å². The van der Waals surface area contributed by atoms with Gasteiger partial charge >= 0.3 is 0 Å². The first kappa shape index (κ1) is 14.3. The number of rotatable bonds is 4. The van der Waals surface area contributed by atoms with Crippen molar-refractivity contribution in [2.24, 2.45) is 5.92 Å². The van der Waals surface area contributed by atoms with Crippen LogP contribution in [0.3, 0.4) is 0 Å². The smallest absolute Gasteiger partial charge is 0.232 e. The summed E-state index contributed by atoms with van der Waals surface area (Å²) in [5.74, 6) is 2.09. The number of aromatic nitrogens is 2. The van der Waals surface area contributed by atoms with Gasteiger partial charge < -0.3 is 9.84 Å². The highest BCUT2D eigenvalue weighted by Gasteiger charge is 2.37. The largest absolute Gasteiger partial charge is 0.339 e. The average Bonchev–Trinajstić information content (AvgIpc) is 2.98. The first-order valence-electron chi connectivity index (χ1n) is 7.74. The normalized spacial score (nSPS) is 19.6. The van der Waals surface area contributed by atoms with E-state index in [1.807, 2.05) is 18.2 Å². The van der Waals surface area contributed by atoms with Crippen LogP contribution in [0.1, 0.15) is 44.0 Å². The Morgan fingerprint density at radius 1 is 1.29 bits per heavy atom. The van der Waals surface area contributed by atoms with E-state index in [1.165, 1.54) is 18.4 Å². The molecule has 0 spiro atoms. The molecule has 4 heteroatoms. The van der Waals surface area contributed by atoms with Gasteiger partial charge in [-0.25, -0.2) is 0 Å². The molecule has 1 atom stereocenters. The van der Waals surface area contributed by atoms with E-state index in [2.05, 4.69) is 41.4 Å². The van der Waals surface area contributed by atoms with Crippen LogP contribution in [-0.2, 0) is 11.8 Å². The molecular weight excluding hydrogens is 262 g/mol. The van der Waals surface area contributed by atoms with Crippen molar-refractivity contribution in [3.8, 4) is 0 Å². The summed E-state index contributed by atoms with van der Waals surface area (Å²) in [6.07, 6.45) is 3.17. The van der Waals surface area contributed by atoms with Gasteiger partial charge in [-0.3, -0.25) is 0 Å². The zero-order chi connectivity index (χ0) is 14.7. The molecule has 1 aromatic carbocycles. The van der Waals surface area contributed by atoms with Gasteiger partial charge in [0.2, 0.25) is 5.89 Å². The molecule has 1 saturated heterocycles. The molecule has 0 saturated carbocycles. The minimum absolute atomic E-state index is 0.0740. The minimum Gasteiger partial charge on any atom is -0.339 e. The molecule has 1 fully saturated rings. The van der Waals surface area contributed by atoms with E-state index in [-0.39, 0.29) is 5.41 Å². The summed E-state index contributed by atoms with van der Waals surface area (Å²) in [6.45, 7) is 6.58. The minimum atomic E-state index is -0.0740. The van der Waals surface area contributed by atoms with Crippen molar-refractivity contribution >= 4 is 0 Å². The maximum Gasteiger partial charge on any atom is 0.232 e. The fourth-order valence-electron chi connectivity index (χ4n) is 3.01. The molecule has 112 valence electrons. The summed E-state index contributed by atoms with van der Waals surface area (Å²) in [6, 6.07) is 10.3. The van der Waals surface area contributed by atoms with Crippen molar-refractivity contribution in [1.29, 1.82) is 0 Å². The molecule has 3 rings (SSSR count). The van der Waals surface area contributed by atoms with Crippen molar-refractivity contribution in [1.82, 2.24) is 15.5 Å². The maximum atomic E-state index is 5.57. The molecule has 0 amide bonds. The van der Waals surface area contributed by atoms with Crippen LogP contribution < -0.4 is 5.32 Å². The van der Waals surface area contributed by atoms with Gasteiger partial charge in [0.05, 0.1) is 0 Å². The van der Waals surface area contributed by atoms with E-state index in [9.17, 15) is 0 Å². The fraction of sp³-hybridized carbons (Fsp3) is 0.529. The molecule has 4 nitrogen and oxygen atoms in total. The molecule has 2 aromatic rings. The summed E-state index contributed by atoms with van der Waals surface area (Å²) in [5, 5.41) is 7.63. The molecule has 0 aliphatic carbocycles. The Labute approximate surface area is 126 Å². The van der Waals surface area contributed by atoms with Crippen LogP contribution in [-0.4, -0.2) is 23.2 Å². The third kappa shape index (κ3) is 3.16. The van der Waals surface area contributed by atoms with Gasteiger partial charge in [-0.05, 0) is 37.4 Å². The molecule has 1 aliphatic heterocycles. The second-order valence-corrected chi connectivity index (χ2v) is 6.44. The monoisotopic (exact) mass is 285 g/mol. The van der Waals surface area contributed by atoms with E-state index in [4.69, 9.17) is 4.52 Å². The zero-order valence-electron chi connectivity index (χ0n) is 12.8. The van der Waals surface area contributed by atoms with Gasteiger partial charge in [0.15, 0.2) is 5.82 Å². The van der Waals surface area contributed by atoms with Crippen LogP contribution in [0.2, 0.25) is 0 Å². The molecular formula is C17H23N3O.